The minimum absolute atomic E-state index is 0.0563. The first-order valence-electron chi connectivity index (χ1n) is 7.52. The van der Waals surface area contributed by atoms with Crippen LogP contribution in [0.4, 0.5) is 20.3 Å². The van der Waals surface area contributed by atoms with Crippen LogP contribution in [0.15, 0.2) is 36.5 Å². The highest BCUT2D eigenvalue weighted by atomic mass is 32.2. The van der Waals surface area contributed by atoms with Gasteiger partial charge in [-0.3, -0.25) is 4.79 Å². The maximum absolute atomic E-state index is 13.6. The Morgan fingerprint density at radius 2 is 2.00 bits per heavy atom. The van der Waals surface area contributed by atoms with Gasteiger partial charge >= 0.3 is 0 Å². The number of aromatic nitrogens is 1. The number of rotatable bonds is 4. The quantitative estimate of drug-likeness (QED) is 0.865. The molecule has 132 valence electrons. The standard InChI is InChI=1S/C16H15F2N3O3S/c17-11-2-3-14(13(18)7-11)21-16(22)10-1-4-15(19-8-10)20-12-5-6-25(23,24)9-12/h1-4,7-8,12H,5-6,9H2,(H,19,20)(H,21,22). The molecule has 0 spiro atoms. The maximum atomic E-state index is 13.6. The lowest BCUT2D eigenvalue weighted by Crippen LogP contribution is -2.21. The third-order valence-electron chi connectivity index (χ3n) is 3.79. The Morgan fingerprint density at radius 1 is 1.20 bits per heavy atom. The summed E-state index contributed by atoms with van der Waals surface area (Å²) in [6, 6.07) is 5.67. The number of nitrogens with zero attached hydrogens (tertiary/aromatic N) is 1. The molecule has 2 heterocycles. The molecule has 25 heavy (non-hydrogen) atoms. The van der Waals surface area contributed by atoms with Crippen LogP contribution in [0, 0.1) is 11.6 Å². The number of amides is 1. The van der Waals surface area contributed by atoms with E-state index >= 15 is 0 Å². The van der Waals surface area contributed by atoms with E-state index < -0.39 is 27.4 Å². The molecule has 6 nitrogen and oxygen atoms in total. The summed E-state index contributed by atoms with van der Waals surface area (Å²) in [6.45, 7) is 0. The van der Waals surface area contributed by atoms with Crippen LogP contribution in [0.3, 0.4) is 0 Å². The number of nitrogens with one attached hydrogen (secondary N) is 2. The highest BCUT2D eigenvalue weighted by Gasteiger charge is 2.27. The van der Waals surface area contributed by atoms with Gasteiger partial charge in [0.05, 0.1) is 22.8 Å². The number of carbonyl (C=O) groups is 1. The first kappa shape index (κ1) is 17.3. The van der Waals surface area contributed by atoms with E-state index in [1.54, 1.807) is 6.07 Å². The third-order valence-corrected chi connectivity index (χ3v) is 5.56. The van der Waals surface area contributed by atoms with Crippen LogP contribution in [-0.2, 0) is 9.84 Å². The van der Waals surface area contributed by atoms with E-state index in [1.807, 2.05) is 0 Å². The van der Waals surface area contributed by atoms with Crippen LogP contribution in [0.2, 0.25) is 0 Å². The van der Waals surface area contributed by atoms with Gasteiger partial charge < -0.3 is 10.6 Å². The number of pyridine rings is 1. The van der Waals surface area contributed by atoms with E-state index in [2.05, 4.69) is 15.6 Å². The summed E-state index contributed by atoms with van der Waals surface area (Å²) >= 11 is 0. The molecule has 0 radical (unpaired) electrons. The van der Waals surface area contributed by atoms with E-state index in [1.165, 1.54) is 12.3 Å². The third kappa shape index (κ3) is 4.30. The van der Waals surface area contributed by atoms with Crippen LogP contribution in [0.1, 0.15) is 16.8 Å². The Bertz CT molecular complexity index is 901. The van der Waals surface area contributed by atoms with Gasteiger partial charge in [0.25, 0.3) is 5.91 Å². The lowest BCUT2D eigenvalue weighted by Gasteiger charge is -2.12. The van der Waals surface area contributed by atoms with E-state index in [9.17, 15) is 22.0 Å². The topological polar surface area (TPSA) is 88.2 Å². The van der Waals surface area contributed by atoms with E-state index in [0.29, 0.717) is 18.3 Å². The summed E-state index contributed by atoms with van der Waals surface area (Å²) in [5, 5.41) is 5.34. The fraction of sp³-hybridized carbons (Fsp3) is 0.250. The molecule has 1 saturated heterocycles. The average Bonchev–Trinajstić information content (AvgIpc) is 2.89. The molecule has 1 atom stereocenters. The summed E-state index contributed by atoms with van der Waals surface area (Å²) < 4.78 is 49.3. The zero-order chi connectivity index (χ0) is 18.0. The normalized spacial score (nSPS) is 18.7. The first-order chi connectivity index (χ1) is 11.8. The number of hydrogen-bond donors (Lipinski definition) is 2. The molecule has 0 bridgehead atoms. The van der Waals surface area contributed by atoms with Crippen LogP contribution in [0.5, 0.6) is 0 Å². The van der Waals surface area contributed by atoms with Gasteiger partial charge in [-0.05, 0) is 30.7 Å². The Balaban J connectivity index is 1.64. The highest BCUT2D eigenvalue weighted by molar-refractivity contribution is 7.91. The van der Waals surface area contributed by atoms with Crippen molar-refractivity contribution in [3.05, 3.63) is 53.7 Å². The molecule has 1 amide bonds. The van der Waals surface area contributed by atoms with Crippen molar-refractivity contribution in [1.82, 2.24) is 4.98 Å². The second-order valence-corrected chi connectivity index (χ2v) is 7.98. The van der Waals surface area contributed by atoms with Crippen molar-refractivity contribution < 1.29 is 22.0 Å². The molecule has 3 rings (SSSR count). The minimum atomic E-state index is -3.00. The predicted molar refractivity (Wildman–Crippen MR) is 89.2 cm³/mol. The number of sulfone groups is 1. The highest BCUT2D eigenvalue weighted by Crippen LogP contribution is 2.18. The van der Waals surface area contributed by atoms with Crippen LogP contribution >= 0.6 is 0 Å². The summed E-state index contributed by atoms with van der Waals surface area (Å²) in [7, 11) is -3.00. The fourth-order valence-corrected chi connectivity index (χ4v) is 4.19. The molecule has 0 saturated carbocycles. The summed E-state index contributed by atoms with van der Waals surface area (Å²) in [5.74, 6) is -1.54. The molecule has 0 aliphatic carbocycles. The Hall–Kier alpha value is -2.55. The Labute approximate surface area is 143 Å². The summed E-state index contributed by atoms with van der Waals surface area (Å²) in [4.78, 5) is 16.1. The molecule has 9 heteroatoms. The predicted octanol–water partition coefficient (Wildman–Crippen LogP) is 2.21. The van der Waals surface area contributed by atoms with Gasteiger partial charge in [0.1, 0.15) is 17.5 Å². The van der Waals surface area contributed by atoms with E-state index in [0.717, 1.165) is 12.1 Å². The first-order valence-corrected chi connectivity index (χ1v) is 9.34. The monoisotopic (exact) mass is 367 g/mol. The van der Waals surface area contributed by atoms with Gasteiger partial charge in [0.2, 0.25) is 0 Å². The number of anilines is 2. The molecule has 1 aliphatic heterocycles. The second-order valence-electron chi connectivity index (χ2n) is 5.75. The van der Waals surface area contributed by atoms with Gasteiger partial charge in [-0.2, -0.15) is 0 Å². The van der Waals surface area contributed by atoms with Gasteiger partial charge in [0, 0.05) is 18.3 Å². The molecule has 2 N–H and O–H groups in total. The number of benzene rings is 1. The zero-order valence-electron chi connectivity index (χ0n) is 13.0. The summed E-state index contributed by atoms with van der Waals surface area (Å²) in [5.41, 5.74) is 0.0538. The van der Waals surface area contributed by atoms with Gasteiger partial charge in [-0.1, -0.05) is 0 Å². The van der Waals surface area contributed by atoms with Gasteiger partial charge in [-0.15, -0.1) is 0 Å². The lowest BCUT2D eigenvalue weighted by atomic mass is 10.2. The SMILES string of the molecule is O=C(Nc1ccc(F)cc1F)c1ccc(NC2CCS(=O)(=O)C2)nc1. The lowest BCUT2D eigenvalue weighted by molar-refractivity contribution is 0.102. The van der Waals surface area contributed by atoms with E-state index in [-0.39, 0.29) is 28.8 Å². The van der Waals surface area contributed by atoms with Crippen molar-refractivity contribution in [1.29, 1.82) is 0 Å². The van der Waals surface area contributed by atoms with Crippen LogP contribution < -0.4 is 10.6 Å². The summed E-state index contributed by atoms with van der Waals surface area (Å²) in [6.07, 6.45) is 1.80. The largest absolute Gasteiger partial charge is 0.366 e. The number of hydrogen-bond acceptors (Lipinski definition) is 5. The van der Waals surface area contributed by atoms with Gasteiger partial charge in [-0.25, -0.2) is 22.2 Å². The average molecular weight is 367 g/mol. The molecule has 1 aliphatic rings. The molecule has 2 aromatic rings. The van der Waals surface area contributed by atoms with Crippen molar-refractivity contribution in [2.75, 3.05) is 22.1 Å². The van der Waals surface area contributed by atoms with Crippen molar-refractivity contribution in [3.63, 3.8) is 0 Å². The second kappa shape index (κ2) is 6.75. The van der Waals surface area contributed by atoms with Crippen LogP contribution in [0.25, 0.3) is 0 Å². The fourth-order valence-electron chi connectivity index (χ4n) is 2.52. The molecular formula is C16H15F2N3O3S. The smallest absolute Gasteiger partial charge is 0.257 e. The molecule has 1 aromatic carbocycles. The maximum Gasteiger partial charge on any atom is 0.257 e. The molecule has 1 fully saturated rings. The Kier molecular flexibility index (Phi) is 4.67. The molecular weight excluding hydrogens is 352 g/mol. The van der Waals surface area contributed by atoms with Crippen molar-refractivity contribution in [3.8, 4) is 0 Å². The molecule has 1 unspecified atom stereocenters. The zero-order valence-corrected chi connectivity index (χ0v) is 13.8. The van der Waals surface area contributed by atoms with Crippen molar-refractivity contribution in [2.24, 2.45) is 0 Å². The minimum Gasteiger partial charge on any atom is -0.366 e. The van der Waals surface area contributed by atoms with Gasteiger partial charge in [0.15, 0.2) is 9.84 Å². The number of carbonyl (C=O) groups excluding carboxylic acids is 1. The van der Waals surface area contributed by atoms with E-state index in [4.69, 9.17) is 0 Å². The van der Waals surface area contributed by atoms with Crippen molar-refractivity contribution in [2.45, 2.75) is 12.5 Å². The van der Waals surface area contributed by atoms with Crippen molar-refractivity contribution >= 4 is 27.2 Å². The van der Waals surface area contributed by atoms with Crippen LogP contribution in [-0.4, -0.2) is 36.9 Å². The Morgan fingerprint density at radius 3 is 2.60 bits per heavy atom. The molecule has 1 aromatic heterocycles. The number of halogens is 2.